The maximum Gasteiger partial charge on any atom is 0.306 e. The molecule has 2 unspecified atom stereocenters. The van der Waals surface area contributed by atoms with E-state index in [0.29, 0.717) is 110 Å². The topological polar surface area (TPSA) is 326 Å². The van der Waals surface area contributed by atoms with E-state index in [1.54, 1.807) is 9.80 Å². The van der Waals surface area contributed by atoms with Crippen molar-refractivity contribution in [2.45, 2.75) is 307 Å². The fraction of sp³-hybridized carbons (Fsp3) is 0.831. The Morgan fingerprint density at radius 1 is 0.421 bits per heavy atom. The van der Waals surface area contributed by atoms with E-state index in [0.717, 1.165) is 51.6 Å². The van der Waals surface area contributed by atoms with Gasteiger partial charge in [-0.2, -0.15) is 10.5 Å². The first-order valence-electron chi connectivity index (χ1n) is 39.2. The maximum absolute atomic E-state index is 12.2. The molecule has 12 atom stereocenters. The van der Waals surface area contributed by atoms with Crippen LogP contribution in [0.25, 0.3) is 0 Å². The fourth-order valence-corrected chi connectivity index (χ4v) is 17.1. The zero-order valence-electron chi connectivity index (χ0n) is 68.9. The molecule has 0 bridgehead atoms. The Morgan fingerprint density at radius 3 is 1.07 bits per heavy atom. The van der Waals surface area contributed by atoms with Gasteiger partial charge >= 0.3 is 17.9 Å². The average Bonchev–Trinajstić information content (AvgIpc) is 1.86. The van der Waals surface area contributed by atoms with Gasteiger partial charge in [0.05, 0.1) is 94.8 Å². The van der Waals surface area contributed by atoms with Crippen LogP contribution in [0.1, 0.15) is 246 Å². The molecule has 0 aromatic heterocycles. The highest BCUT2D eigenvalue weighted by Crippen LogP contribution is 2.50. The smallest absolute Gasteiger partial charge is 0.306 e. The molecule has 0 aromatic carbocycles. The van der Waals surface area contributed by atoms with Crippen LogP contribution in [0, 0.1) is 40.4 Å². The normalized spacial score (nSPS) is 22.2. The molecular formula is C77H136N10O18P2. The lowest BCUT2D eigenvalue weighted by atomic mass is 10.0. The van der Waals surface area contributed by atoms with Crippen LogP contribution in [-0.4, -0.2) is 258 Å². The van der Waals surface area contributed by atoms with Gasteiger partial charge in [0.1, 0.15) is 41.6 Å². The van der Waals surface area contributed by atoms with E-state index in [-0.39, 0.29) is 176 Å². The van der Waals surface area contributed by atoms with E-state index in [2.05, 4.69) is 68.2 Å². The van der Waals surface area contributed by atoms with Gasteiger partial charge in [0.15, 0.2) is 0 Å². The van der Waals surface area contributed by atoms with Gasteiger partial charge in [-0.15, -0.1) is 0 Å². The van der Waals surface area contributed by atoms with Crippen LogP contribution in [0.5, 0.6) is 0 Å². The van der Waals surface area contributed by atoms with Crippen molar-refractivity contribution in [3.63, 3.8) is 0 Å². The van der Waals surface area contributed by atoms with E-state index in [1.165, 1.54) is 20.8 Å². The number of carbonyl (C=O) groups is 11. The lowest BCUT2D eigenvalue weighted by Gasteiger charge is -2.38. The van der Waals surface area contributed by atoms with Gasteiger partial charge in [-0.1, -0.05) is 69.2 Å². The molecule has 5 rings (SSSR count). The summed E-state index contributed by atoms with van der Waals surface area (Å²) in [5.41, 5.74) is 0. The Morgan fingerprint density at radius 2 is 0.748 bits per heavy atom. The molecule has 28 nitrogen and oxygen atoms in total. The quantitative estimate of drug-likeness (QED) is 0.0182. The Balaban J connectivity index is 0.000000673. The number of ketones is 3. The van der Waals surface area contributed by atoms with Crippen LogP contribution in [0.15, 0.2) is 0 Å². The number of hydrogen-bond acceptors (Lipinski definition) is 23. The second kappa shape index (κ2) is 54.1. The van der Waals surface area contributed by atoms with E-state index in [9.17, 15) is 52.7 Å². The highest BCUT2D eigenvalue weighted by molar-refractivity contribution is 7.48. The first-order valence-corrected chi connectivity index (χ1v) is 41.6. The zero-order chi connectivity index (χ0) is 81.2. The Hall–Kier alpha value is -5.67. The van der Waals surface area contributed by atoms with Crippen molar-refractivity contribution in [1.82, 2.24) is 39.0 Å². The van der Waals surface area contributed by atoms with Gasteiger partial charge in [-0.05, 0) is 115 Å². The lowest BCUT2D eigenvalue weighted by Crippen LogP contribution is -2.41. The highest BCUT2D eigenvalue weighted by atomic mass is 31.2. The number of carbonyl (C=O) groups excluding carboxylic acids is 11. The van der Waals surface area contributed by atoms with Gasteiger partial charge in [0.2, 0.25) is 37.9 Å². The third-order valence-electron chi connectivity index (χ3n) is 19.3. The van der Waals surface area contributed by atoms with Crippen LogP contribution in [-0.2, 0) is 85.0 Å². The minimum Gasteiger partial charge on any atom is -0.460 e. The van der Waals surface area contributed by atoms with Crippen molar-refractivity contribution in [2.75, 3.05) is 93.8 Å². The number of hydrogen-bond donors (Lipinski definition) is 0. The molecule has 5 heterocycles. The average molecular weight is 1550 g/mol. The molecule has 0 aromatic rings. The summed E-state index contributed by atoms with van der Waals surface area (Å²) < 4.78 is 43.3. The van der Waals surface area contributed by atoms with Crippen LogP contribution in [0.2, 0.25) is 0 Å². The van der Waals surface area contributed by atoms with E-state index < -0.39 is 16.9 Å². The molecule has 0 spiro atoms. The van der Waals surface area contributed by atoms with E-state index in [1.807, 2.05) is 98.3 Å². The number of nitrogens with zero attached hydrogens (tertiary/aromatic N) is 10. The number of likely N-dealkylation sites (tertiary alicyclic amines) is 5. The van der Waals surface area contributed by atoms with Gasteiger partial charge in [-0.3, -0.25) is 48.2 Å². The standard InChI is InChI=1S/C18H34N3O3P.C17H33N4O3P.3C14H23NO4/c1-7-16-17(10-12-20(16)18(22)8-2)24-25(23-13-9-11-19)21(14(3)4)15(5)6;1-7-14-12-21(16(22)8-2)13-15(14)24-25(23-11-9-10-18)17(19(3)4)20(5)6;2*1-4-11-8-15(13(17)5-2)9-12(11)19-14(18)7-6-10(3)16;1-4-11-12(8-9-15(11)13(17)5-2)19-14(18)7-6-10(3)16/h14-17H,7-10,12-13H2,1-6H3;14-15,17H,7-9,11-13H2,1-6H3;3*11-12H,4-9H2,1-3H3/t16-,17-,25?;14-,15+,25?;11-,12+;2*11-,12-/m01110/s1. The molecule has 5 amide bonds. The van der Waals surface area contributed by atoms with Crippen LogP contribution < -0.4 is 0 Å². The van der Waals surface area contributed by atoms with E-state index >= 15 is 0 Å². The van der Waals surface area contributed by atoms with Gasteiger partial charge in [0.25, 0.3) is 8.53 Å². The van der Waals surface area contributed by atoms with Gasteiger partial charge < -0.3 is 71.2 Å². The summed E-state index contributed by atoms with van der Waals surface area (Å²) in [5.74, 6) is 0.317. The molecule has 612 valence electrons. The first-order chi connectivity index (χ1) is 50.6. The largest absolute Gasteiger partial charge is 0.460 e. The lowest BCUT2D eigenvalue weighted by molar-refractivity contribution is -0.152. The monoisotopic (exact) mass is 1550 g/mol. The molecule has 0 radical (unpaired) electrons. The Labute approximate surface area is 643 Å². The molecule has 30 heteroatoms. The molecule has 5 fully saturated rings. The van der Waals surface area contributed by atoms with Crippen molar-refractivity contribution in [1.29, 1.82) is 10.5 Å². The number of amides is 5. The maximum atomic E-state index is 12.2. The fourth-order valence-electron chi connectivity index (χ4n) is 13.5. The first kappa shape index (κ1) is 99.3. The van der Waals surface area contributed by atoms with Gasteiger partial charge in [-0.25, -0.2) is 4.67 Å². The van der Waals surface area contributed by atoms with Crippen molar-refractivity contribution in [3.05, 3.63) is 0 Å². The van der Waals surface area contributed by atoms with Crippen molar-refractivity contribution >= 4 is 81.7 Å². The molecular weight excluding hydrogens is 1410 g/mol. The molecule has 107 heavy (non-hydrogen) atoms. The zero-order valence-corrected chi connectivity index (χ0v) is 70.7. The number of ether oxygens (including phenoxy) is 3. The van der Waals surface area contributed by atoms with E-state index in [4.69, 9.17) is 42.8 Å². The predicted molar refractivity (Wildman–Crippen MR) is 412 cm³/mol. The second-order valence-corrected chi connectivity index (χ2v) is 31.6. The molecule has 0 saturated carbocycles. The summed E-state index contributed by atoms with van der Waals surface area (Å²) in [6, 6.07) is 4.89. The predicted octanol–water partition coefficient (Wildman–Crippen LogP) is 11.1. The van der Waals surface area contributed by atoms with Crippen LogP contribution in [0.3, 0.4) is 0 Å². The molecule has 5 aliphatic heterocycles. The minimum atomic E-state index is -1.26. The molecule has 0 N–H and O–H groups in total. The summed E-state index contributed by atoms with van der Waals surface area (Å²) in [6.45, 7) is 38.3. The summed E-state index contributed by atoms with van der Waals surface area (Å²) in [4.78, 5) is 140. The SMILES string of the molecule is CCC(=O)N1CC[C@H](OC(=O)CCC(C)=O)[C@@H]1CC.CCC(=O)N1CC[C@H](OP(OCCC#N)N(C(C)C)C(C)C)[C@@H]1CC.CCC(=O)N1C[C@@H](CC)[C@@H](OC(=O)CCC(C)=O)C1.CCC(=O)N1C[C@@H](CC)[C@@H](OP(OCCC#N)C(N(C)C)N(C)C)C1.CCC(=O)N1C[C@@H](CC)[C@H](OC(=O)CCC(C)=O)C1. The van der Waals surface area contributed by atoms with Gasteiger partial charge in [0, 0.05) is 127 Å². The summed E-state index contributed by atoms with van der Waals surface area (Å²) in [6.07, 6.45) is 9.43. The third kappa shape index (κ3) is 35.5. The number of Topliss-reactive ketones (excluding diaryl/α,β-unsaturated/α-hetero) is 3. The molecule has 0 aliphatic carbocycles. The number of nitriles is 2. The summed E-state index contributed by atoms with van der Waals surface area (Å²) in [5, 5.41) is 17.6. The van der Waals surface area contributed by atoms with Crippen LogP contribution in [0.4, 0.5) is 0 Å². The Kier molecular flexibility index (Phi) is 50.2. The second-order valence-electron chi connectivity index (χ2n) is 28.7. The van der Waals surface area contributed by atoms with Crippen molar-refractivity contribution < 1.29 is 85.0 Å². The van der Waals surface area contributed by atoms with Crippen molar-refractivity contribution in [2.24, 2.45) is 17.8 Å². The third-order valence-corrected chi connectivity index (χ3v) is 23.7. The Bertz CT molecular complexity index is 2660. The number of esters is 3. The summed E-state index contributed by atoms with van der Waals surface area (Å²) >= 11 is 0. The highest BCUT2D eigenvalue weighted by Gasteiger charge is 2.43. The van der Waals surface area contributed by atoms with Crippen LogP contribution >= 0.6 is 16.9 Å². The summed E-state index contributed by atoms with van der Waals surface area (Å²) in [7, 11) is 5.49. The molecule has 5 aliphatic rings. The van der Waals surface area contributed by atoms with Crippen molar-refractivity contribution in [3.8, 4) is 12.1 Å². The number of rotatable bonds is 38. The molecule has 5 saturated heterocycles. The minimum absolute atomic E-state index is 0.00584.